The van der Waals surface area contributed by atoms with Crippen LogP contribution in [0.1, 0.15) is 65.8 Å². The number of ether oxygens (including phenoxy) is 1. The molecular formula is C26H32N4O4. The average molecular weight is 465 g/mol. The molecule has 0 bridgehead atoms. The Morgan fingerprint density at radius 3 is 2.62 bits per heavy atom. The minimum atomic E-state index is -0.401. The standard InChI is InChI=1S/C26H32N4O4/c1-3-34-22-7-5-4-6-19(22)16-27-25(32)20-9-8-17(2)28-24(20)18-12-14-30(15-13-18)26(33)21-10-11-23(31)29-21/h4-9,18,21H,3,10-16H2,1-2H3,(H,27,32)(H,29,31). The fourth-order valence-electron chi connectivity index (χ4n) is 4.69. The van der Waals surface area contributed by atoms with Gasteiger partial charge in [0.1, 0.15) is 11.8 Å². The van der Waals surface area contributed by atoms with E-state index in [0.717, 1.165) is 35.5 Å². The van der Waals surface area contributed by atoms with Crippen LogP contribution in [0.4, 0.5) is 0 Å². The molecule has 180 valence electrons. The quantitative estimate of drug-likeness (QED) is 0.656. The van der Waals surface area contributed by atoms with E-state index in [-0.39, 0.29) is 23.6 Å². The van der Waals surface area contributed by atoms with E-state index in [1.165, 1.54) is 0 Å². The molecule has 1 unspecified atom stereocenters. The van der Waals surface area contributed by atoms with Gasteiger partial charge < -0.3 is 20.3 Å². The lowest BCUT2D eigenvalue weighted by molar-refractivity contribution is -0.135. The highest BCUT2D eigenvalue weighted by molar-refractivity contribution is 5.95. The molecule has 2 fully saturated rings. The maximum absolute atomic E-state index is 13.1. The van der Waals surface area contributed by atoms with E-state index in [1.54, 1.807) is 0 Å². The number of rotatable bonds is 7. The largest absolute Gasteiger partial charge is 0.494 e. The summed E-state index contributed by atoms with van der Waals surface area (Å²) in [7, 11) is 0. The molecule has 1 atom stereocenters. The normalized spacial score (nSPS) is 18.5. The Bertz CT molecular complexity index is 1060. The Hall–Kier alpha value is -3.42. The van der Waals surface area contributed by atoms with Gasteiger partial charge in [0.25, 0.3) is 5.91 Å². The maximum Gasteiger partial charge on any atom is 0.253 e. The van der Waals surface area contributed by atoms with Crippen molar-refractivity contribution in [2.75, 3.05) is 19.7 Å². The lowest BCUT2D eigenvalue weighted by Crippen LogP contribution is -2.47. The first kappa shape index (κ1) is 23.7. The second kappa shape index (κ2) is 10.7. The SMILES string of the molecule is CCOc1ccccc1CNC(=O)c1ccc(C)nc1C1CCN(C(=O)C2CCC(=O)N2)CC1. The number of hydrogen-bond donors (Lipinski definition) is 2. The van der Waals surface area contributed by atoms with Crippen LogP contribution in [0.15, 0.2) is 36.4 Å². The highest BCUT2D eigenvalue weighted by atomic mass is 16.5. The van der Waals surface area contributed by atoms with Crippen molar-refractivity contribution < 1.29 is 19.1 Å². The first-order chi connectivity index (χ1) is 16.5. The number of amides is 3. The Labute approximate surface area is 200 Å². The van der Waals surface area contributed by atoms with E-state index in [2.05, 4.69) is 10.6 Å². The van der Waals surface area contributed by atoms with Crippen molar-refractivity contribution in [3.8, 4) is 5.75 Å². The highest BCUT2D eigenvalue weighted by Crippen LogP contribution is 2.30. The molecule has 3 heterocycles. The molecule has 8 nitrogen and oxygen atoms in total. The van der Waals surface area contributed by atoms with Crippen molar-refractivity contribution >= 4 is 17.7 Å². The minimum Gasteiger partial charge on any atom is -0.494 e. The number of aromatic nitrogens is 1. The summed E-state index contributed by atoms with van der Waals surface area (Å²) in [6.45, 7) is 5.96. The zero-order valence-electron chi connectivity index (χ0n) is 19.8. The zero-order chi connectivity index (χ0) is 24.1. The van der Waals surface area contributed by atoms with Gasteiger partial charge in [-0.2, -0.15) is 0 Å². The first-order valence-electron chi connectivity index (χ1n) is 12.0. The number of carbonyl (C=O) groups is 3. The molecule has 1 aromatic heterocycles. The zero-order valence-corrected chi connectivity index (χ0v) is 19.8. The Balaban J connectivity index is 1.42. The van der Waals surface area contributed by atoms with E-state index in [9.17, 15) is 14.4 Å². The predicted octanol–water partition coefficient (Wildman–Crippen LogP) is 2.70. The summed E-state index contributed by atoms with van der Waals surface area (Å²) in [4.78, 5) is 43.9. The van der Waals surface area contributed by atoms with E-state index in [4.69, 9.17) is 9.72 Å². The monoisotopic (exact) mass is 464 g/mol. The fraction of sp³-hybridized carbons (Fsp3) is 0.462. The Kier molecular flexibility index (Phi) is 7.45. The number of aryl methyl sites for hydroxylation is 1. The molecule has 2 aliphatic heterocycles. The number of nitrogens with one attached hydrogen (secondary N) is 2. The topological polar surface area (TPSA) is 101 Å². The second-order valence-electron chi connectivity index (χ2n) is 8.87. The summed E-state index contributed by atoms with van der Waals surface area (Å²) < 4.78 is 5.66. The molecule has 2 saturated heterocycles. The summed E-state index contributed by atoms with van der Waals surface area (Å²) in [5.74, 6) is 0.631. The first-order valence-corrected chi connectivity index (χ1v) is 12.0. The second-order valence-corrected chi connectivity index (χ2v) is 8.87. The number of piperidine rings is 1. The van der Waals surface area contributed by atoms with Gasteiger partial charge in [0.2, 0.25) is 11.8 Å². The number of hydrogen-bond acceptors (Lipinski definition) is 5. The van der Waals surface area contributed by atoms with Crippen LogP contribution >= 0.6 is 0 Å². The lowest BCUT2D eigenvalue weighted by Gasteiger charge is -2.33. The molecule has 0 radical (unpaired) electrons. The predicted molar refractivity (Wildman–Crippen MR) is 127 cm³/mol. The average Bonchev–Trinajstić information content (AvgIpc) is 3.29. The van der Waals surface area contributed by atoms with Gasteiger partial charge in [-0.1, -0.05) is 18.2 Å². The number of pyridine rings is 1. The third-order valence-corrected chi connectivity index (χ3v) is 6.51. The number of nitrogens with zero attached hydrogens (tertiary/aromatic N) is 2. The van der Waals surface area contributed by atoms with Gasteiger partial charge in [0, 0.05) is 43.2 Å². The maximum atomic E-state index is 13.1. The molecule has 34 heavy (non-hydrogen) atoms. The number of carbonyl (C=O) groups excluding carboxylic acids is 3. The van der Waals surface area contributed by atoms with E-state index in [0.29, 0.717) is 44.6 Å². The summed E-state index contributed by atoms with van der Waals surface area (Å²) in [6.07, 6.45) is 2.44. The molecule has 2 aromatic rings. The van der Waals surface area contributed by atoms with Crippen molar-refractivity contribution in [1.82, 2.24) is 20.5 Å². The number of likely N-dealkylation sites (tertiary alicyclic amines) is 1. The number of benzene rings is 1. The van der Waals surface area contributed by atoms with Gasteiger partial charge in [-0.25, -0.2) is 0 Å². The molecule has 8 heteroatoms. The van der Waals surface area contributed by atoms with Crippen LogP contribution in [-0.4, -0.2) is 53.3 Å². The van der Waals surface area contributed by atoms with E-state index >= 15 is 0 Å². The van der Waals surface area contributed by atoms with Crippen molar-refractivity contribution in [1.29, 1.82) is 0 Å². The third kappa shape index (κ3) is 5.38. The van der Waals surface area contributed by atoms with E-state index in [1.807, 2.05) is 55.1 Å². The number of para-hydroxylation sites is 1. The van der Waals surface area contributed by atoms with Crippen LogP contribution in [0.3, 0.4) is 0 Å². The van der Waals surface area contributed by atoms with Crippen molar-refractivity contribution in [2.24, 2.45) is 0 Å². The molecule has 2 N–H and O–H groups in total. The van der Waals surface area contributed by atoms with Crippen LogP contribution in [0.5, 0.6) is 5.75 Å². The van der Waals surface area contributed by atoms with Crippen LogP contribution in [0.2, 0.25) is 0 Å². The highest BCUT2D eigenvalue weighted by Gasteiger charge is 2.34. The van der Waals surface area contributed by atoms with Gasteiger partial charge in [-0.05, 0) is 51.3 Å². The van der Waals surface area contributed by atoms with Crippen LogP contribution in [0, 0.1) is 6.92 Å². The minimum absolute atomic E-state index is 0.00701. The van der Waals surface area contributed by atoms with Gasteiger partial charge in [-0.15, -0.1) is 0 Å². The molecule has 0 spiro atoms. The van der Waals surface area contributed by atoms with Gasteiger partial charge in [0.05, 0.1) is 17.9 Å². The van der Waals surface area contributed by atoms with Gasteiger partial charge in [0.15, 0.2) is 0 Å². The molecule has 1 aromatic carbocycles. The molecule has 2 aliphatic rings. The smallest absolute Gasteiger partial charge is 0.253 e. The van der Waals surface area contributed by atoms with E-state index < -0.39 is 6.04 Å². The Morgan fingerprint density at radius 2 is 1.91 bits per heavy atom. The van der Waals surface area contributed by atoms with Gasteiger partial charge >= 0.3 is 0 Å². The molecular weight excluding hydrogens is 432 g/mol. The van der Waals surface area contributed by atoms with Crippen molar-refractivity contribution in [2.45, 2.75) is 58.0 Å². The molecule has 4 rings (SSSR count). The third-order valence-electron chi connectivity index (χ3n) is 6.51. The molecule has 3 amide bonds. The van der Waals surface area contributed by atoms with Crippen LogP contribution in [0.25, 0.3) is 0 Å². The summed E-state index contributed by atoms with van der Waals surface area (Å²) in [6, 6.07) is 11.0. The summed E-state index contributed by atoms with van der Waals surface area (Å²) in [5, 5.41) is 5.78. The van der Waals surface area contributed by atoms with Crippen molar-refractivity contribution in [3.63, 3.8) is 0 Å². The lowest BCUT2D eigenvalue weighted by atomic mass is 9.89. The summed E-state index contributed by atoms with van der Waals surface area (Å²) >= 11 is 0. The summed E-state index contributed by atoms with van der Waals surface area (Å²) in [5.41, 5.74) is 3.15. The van der Waals surface area contributed by atoms with Gasteiger partial charge in [-0.3, -0.25) is 19.4 Å². The van der Waals surface area contributed by atoms with Crippen LogP contribution in [-0.2, 0) is 16.1 Å². The Morgan fingerprint density at radius 1 is 1.15 bits per heavy atom. The molecule has 0 saturated carbocycles. The fourth-order valence-corrected chi connectivity index (χ4v) is 4.69. The van der Waals surface area contributed by atoms with Crippen LogP contribution < -0.4 is 15.4 Å². The molecule has 0 aliphatic carbocycles. The van der Waals surface area contributed by atoms with Crippen molar-refractivity contribution in [3.05, 3.63) is 58.9 Å².